The molecule has 3 fully saturated rings. The van der Waals surface area contributed by atoms with Gasteiger partial charge in [-0.25, -0.2) is 0 Å². The number of imide groups is 1. The van der Waals surface area contributed by atoms with Gasteiger partial charge in [0.15, 0.2) is 0 Å². The van der Waals surface area contributed by atoms with Gasteiger partial charge in [0.1, 0.15) is 11.5 Å². The number of amides is 2. The number of benzene rings is 1. The molecule has 2 bridgehead atoms. The Morgan fingerprint density at radius 2 is 1.70 bits per heavy atom. The molecule has 2 heterocycles. The Morgan fingerprint density at radius 3 is 2.37 bits per heavy atom. The third-order valence-corrected chi connectivity index (χ3v) is 6.93. The number of carbonyl (C=O) groups excluding carboxylic acids is 2. The van der Waals surface area contributed by atoms with Gasteiger partial charge in [0.05, 0.1) is 28.5 Å². The Kier molecular flexibility index (Phi) is 3.45. The lowest BCUT2D eigenvalue weighted by Crippen LogP contribution is -2.40. The molecule has 8 nitrogen and oxygen atoms in total. The average Bonchev–Trinajstić information content (AvgIpc) is 3.39. The second-order valence-electron chi connectivity index (χ2n) is 8.36. The molecule has 8 heteroatoms. The Morgan fingerprint density at radius 1 is 1.03 bits per heavy atom. The van der Waals surface area contributed by atoms with E-state index in [-0.39, 0.29) is 41.2 Å². The average molecular weight is 403 g/mol. The zero-order chi connectivity index (χ0) is 20.6. The fourth-order valence-corrected chi connectivity index (χ4v) is 5.58. The lowest BCUT2D eigenvalue weighted by atomic mass is 9.63. The fraction of sp³-hybridized carbons (Fsp3) is 0.318. The van der Waals surface area contributed by atoms with Crippen molar-refractivity contribution < 1.29 is 18.9 Å². The first kappa shape index (κ1) is 17.3. The highest BCUT2D eigenvalue weighted by atomic mass is 16.6. The largest absolute Gasteiger partial charge is 0.455 e. The maximum atomic E-state index is 12.9. The van der Waals surface area contributed by atoms with Gasteiger partial charge in [-0.2, -0.15) is 10.1 Å². The molecule has 0 N–H and O–H groups in total. The van der Waals surface area contributed by atoms with Crippen molar-refractivity contribution in [3.63, 3.8) is 0 Å². The van der Waals surface area contributed by atoms with Crippen molar-refractivity contribution in [2.45, 2.75) is 6.42 Å². The number of para-hydroxylation sites is 1. The van der Waals surface area contributed by atoms with Crippen LogP contribution in [0.3, 0.4) is 0 Å². The molecule has 5 aliphatic rings. The molecule has 2 amide bonds. The second-order valence-corrected chi connectivity index (χ2v) is 8.36. The standard InChI is InChI=1S/C22H17N3O5/c26-21-19-12-6-7-13(16-9-15(12)16)20(19)22(27)24(21)23-10-11-5-8-18(30-11)14-3-1-2-4-17(14)25(28)29/h1-8,10,12-13,15-16,19-20H,9H2/b23-10-/t12-,13-,15-,16-,19+,20+/m0/s1. The van der Waals surface area contributed by atoms with Gasteiger partial charge in [-0.3, -0.25) is 19.7 Å². The number of nitro benzene ring substituents is 1. The Hall–Kier alpha value is -3.55. The van der Waals surface area contributed by atoms with Gasteiger partial charge in [-0.15, -0.1) is 0 Å². The van der Waals surface area contributed by atoms with Gasteiger partial charge in [0, 0.05) is 6.07 Å². The molecular formula is C22H17N3O5. The van der Waals surface area contributed by atoms with Crippen molar-refractivity contribution in [1.82, 2.24) is 5.01 Å². The maximum Gasteiger partial charge on any atom is 0.280 e. The molecule has 7 rings (SSSR count). The summed E-state index contributed by atoms with van der Waals surface area (Å²) in [4.78, 5) is 36.6. The molecule has 1 aromatic carbocycles. The maximum absolute atomic E-state index is 12.9. The van der Waals surface area contributed by atoms with Crippen LogP contribution in [0.5, 0.6) is 0 Å². The number of hydrazone groups is 1. The van der Waals surface area contributed by atoms with Crippen LogP contribution in [0.2, 0.25) is 0 Å². The van der Waals surface area contributed by atoms with E-state index in [4.69, 9.17) is 4.42 Å². The van der Waals surface area contributed by atoms with Gasteiger partial charge in [0.2, 0.25) is 0 Å². The number of hydrogen-bond donors (Lipinski definition) is 0. The summed E-state index contributed by atoms with van der Waals surface area (Å²) in [5.41, 5.74) is 0.286. The number of carbonyl (C=O) groups is 2. The quantitative estimate of drug-likeness (QED) is 0.256. The normalized spacial score (nSPS) is 33.3. The molecule has 1 aromatic heterocycles. The van der Waals surface area contributed by atoms with E-state index in [1.807, 2.05) is 0 Å². The smallest absolute Gasteiger partial charge is 0.280 e. The molecule has 1 aliphatic heterocycles. The Balaban J connectivity index is 1.26. The minimum atomic E-state index is -0.470. The van der Waals surface area contributed by atoms with E-state index < -0.39 is 4.92 Å². The van der Waals surface area contributed by atoms with E-state index >= 15 is 0 Å². The number of furan rings is 1. The summed E-state index contributed by atoms with van der Waals surface area (Å²) in [6.45, 7) is 0. The van der Waals surface area contributed by atoms with Gasteiger partial charge in [-0.05, 0) is 48.3 Å². The molecular weight excluding hydrogens is 386 g/mol. The summed E-state index contributed by atoms with van der Waals surface area (Å²) < 4.78 is 5.67. The first-order chi connectivity index (χ1) is 14.5. The molecule has 2 saturated carbocycles. The number of nitro groups is 1. The fourth-order valence-electron chi connectivity index (χ4n) is 5.58. The monoisotopic (exact) mass is 403 g/mol. The third kappa shape index (κ3) is 2.30. The molecule has 0 spiro atoms. The molecule has 4 aliphatic carbocycles. The highest BCUT2D eigenvalue weighted by molar-refractivity contribution is 6.06. The van der Waals surface area contributed by atoms with E-state index in [1.165, 1.54) is 12.3 Å². The molecule has 6 atom stereocenters. The van der Waals surface area contributed by atoms with E-state index in [2.05, 4.69) is 17.3 Å². The zero-order valence-electron chi connectivity index (χ0n) is 15.8. The minimum absolute atomic E-state index is 0.0640. The van der Waals surface area contributed by atoms with Crippen molar-refractivity contribution in [2.24, 2.45) is 40.6 Å². The SMILES string of the molecule is O=C1[C@@H]2[C@H]3C=C[C@@H]([C@@H]4C[C@@H]34)[C@H]2C(=O)N1/N=C\c1ccc(-c2ccccc2[N+](=O)[O-])o1. The predicted octanol–water partition coefficient (Wildman–Crippen LogP) is 3.24. The van der Waals surface area contributed by atoms with Crippen molar-refractivity contribution in [2.75, 3.05) is 0 Å². The van der Waals surface area contributed by atoms with E-state index in [9.17, 15) is 19.7 Å². The van der Waals surface area contributed by atoms with Crippen molar-refractivity contribution in [3.05, 3.63) is 64.4 Å². The summed E-state index contributed by atoms with van der Waals surface area (Å²) in [5, 5.41) is 16.4. The highest BCUT2D eigenvalue weighted by Crippen LogP contribution is 2.65. The van der Waals surface area contributed by atoms with Crippen LogP contribution in [0.4, 0.5) is 5.69 Å². The van der Waals surface area contributed by atoms with E-state index in [1.54, 1.807) is 30.3 Å². The van der Waals surface area contributed by atoms with Crippen molar-refractivity contribution >= 4 is 23.7 Å². The van der Waals surface area contributed by atoms with Crippen LogP contribution in [0.25, 0.3) is 11.3 Å². The molecule has 1 saturated heterocycles. The molecule has 30 heavy (non-hydrogen) atoms. The van der Waals surface area contributed by atoms with Crippen LogP contribution >= 0.6 is 0 Å². The summed E-state index contributed by atoms with van der Waals surface area (Å²) in [7, 11) is 0. The van der Waals surface area contributed by atoms with Gasteiger partial charge < -0.3 is 4.42 Å². The van der Waals surface area contributed by atoms with Gasteiger partial charge in [0.25, 0.3) is 17.5 Å². The third-order valence-electron chi connectivity index (χ3n) is 6.93. The van der Waals surface area contributed by atoms with Crippen LogP contribution in [-0.4, -0.2) is 28.0 Å². The zero-order valence-corrected chi connectivity index (χ0v) is 15.8. The highest BCUT2D eigenvalue weighted by Gasteiger charge is 2.67. The topological polar surface area (TPSA) is 106 Å². The van der Waals surface area contributed by atoms with Crippen molar-refractivity contribution in [3.8, 4) is 11.3 Å². The first-order valence-corrected chi connectivity index (χ1v) is 9.98. The Bertz CT molecular complexity index is 1130. The van der Waals surface area contributed by atoms with Gasteiger partial charge in [-0.1, -0.05) is 24.3 Å². The number of allylic oxidation sites excluding steroid dienone is 2. The first-order valence-electron chi connectivity index (χ1n) is 9.98. The molecule has 0 radical (unpaired) electrons. The molecule has 150 valence electrons. The molecule has 2 aromatic rings. The predicted molar refractivity (Wildman–Crippen MR) is 105 cm³/mol. The van der Waals surface area contributed by atoms with Crippen LogP contribution in [0.15, 0.2) is 58.1 Å². The minimum Gasteiger partial charge on any atom is -0.455 e. The lowest BCUT2D eigenvalue weighted by Gasteiger charge is -2.37. The lowest BCUT2D eigenvalue weighted by molar-refractivity contribution is -0.384. The number of hydrogen-bond acceptors (Lipinski definition) is 6. The van der Waals surface area contributed by atoms with Gasteiger partial charge >= 0.3 is 0 Å². The summed E-state index contributed by atoms with van der Waals surface area (Å²) in [6.07, 6.45) is 6.66. The van der Waals surface area contributed by atoms with Crippen LogP contribution < -0.4 is 0 Å². The van der Waals surface area contributed by atoms with Crippen LogP contribution in [0.1, 0.15) is 12.2 Å². The van der Waals surface area contributed by atoms with E-state index in [0.717, 1.165) is 11.4 Å². The van der Waals surface area contributed by atoms with E-state index in [0.29, 0.717) is 28.9 Å². The summed E-state index contributed by atoms with van der Waals surface area (Å²) >= 11 is 0. The number of rotatable bonds is 4. The second kappa shape index (κ2) is 5.98. The summed E-state index contributed by atoms with van der Waals surface area (Å²) in [5.74, 6) is 0.924. The number of nitrogens with zero attached hydrogens (tertiary/aromatic N) is 3. The van der Waals surface area contributed by atoms with Crippen LogP contribution in [0, 0.1) is 45.6 Å². The van der Waals surface area contributed by atoms with Crippen LogP contribution in [-0.2, 0) is 9.59 Å². The Labute approximate surface area is 171 Å². The van der Waals surface area contributed by atoms with Crippen molar-refractivity contribution in [1.29, 1.82) is 0 Å². The summed E-state index contributed by atoms with van der Waals surface area (Å²) in [6, 6.07) is 9.49. The molecule has 0 unspecified atom stereocenters.